The molecular formula is C27H30F2N4O2. The minimum atomic E-state index is -2.61. The first-order valence-corrected chi connectivity index (χ1v) is 12.3. The largest absolute Gasteiger partial charge is 0.348 e. The van der Waals surface area contributed by atoms with Gasteiger partial charge < -0.3 is 14.6 Å². The fourth-order valence-electron chi connectivity index (χ4n) is 5.23. The number of hydrogen-bond donors (Lipinski definition) is 1. The van der Waals surface area contributed by atoms with Gasteiger partial charge in [-0.2, -0.15) is 0 Å². The first kappa shape index (κ1) is 23.5. The van der Waals surface area contributed by atoms with Crippen LogP contribution < -0.4 is 5.32 Å². The summed E-state index contributed by atoms with van der Waals surface area (Å²) >= 11 is 0. The van der Waals surface area contributed by atoms with Crippen molar-refractivity contribution in [2.75, 3.05) is 13.1 Å². The molecule has 1 aliphatic carbocycles. The van der Waals surface area contributed by atoms with E-state index in [4.69, 9.17) is 0 Å². The van der Waals surface area contributed by atoms with Crippen molar-refractivity contribution in [1.29, 1.82) is 0 Å². The zero-order valence-electron chi connectivity index (χ0n) is 19.6. The number of alkyl halides is 2. The average Bonchev–Trinajstić information content (AvgIpc) is 3.35. The summed E-state index contributed by atoms with van der Waals surface area (Å²) in [5.74, 6) is -2.63. The highest BCUT2D eigenvalue weighted by Gasteiger charge is 2.39. The molecule has 0 unspecified atom stereocenters. The smallest absolute Gasteiger partial charge is 0.251 e. The van der Waals surface area contributed by atoms with E-state index in [1.54, 1.807) is 6.20 Å². The number of carbonyl (C=O) groups excluding carboxylic acids is 2. The SMILES string of the molecule is O=C(NCc1ccn2ccnc2c1)c1ccc(C2CCN(C(=O)C3CCC(F)(F)CC3)CC2)cc1. The molecule has 8 heteroatoms. The summed E-state index contributed by atoms with van der Waals surface area (Å²) in [4.78, 5) is 31.5. The summed E-state index contributed by atoms with van der Waals surface area (Å²) in [5.41, 5.74) is 3.60. The quantitative estimate of drug-likeness (QED) is 0.571. The van der Waals surface area contributed by atoms with Crippen LogP contribution in [0.1, 0.15) is 65.9 Å². The molecule has 3 heterocycles. The minimum Gasteiger partial charge on any atom is -0.348 e. The van der Waals surface area contributed by atoms with Crippen molar-refractivity contribution in [3.05, 3.63) is 71.7 Å². The summed E-state index contributed by atoms with van der Waals surface area (Å²) in [6, 6.07) is 11.6. The number of carbonyl (C=O) groups is 2. The van der Waals surface area contributed by atoms with Crippen LogP contribution in [0.2, 0.25) is 0 Å². The number of amides is 2. The number of benzene rings is 1. The number of piperidine rings is 1. The van der Waals surface area contributed by atoms with E-state index in [0.717, 1.165) is 29.6 Å². The van der Waals surface area contributed by atoms with Gasteiger partial charge in [-0.25, -0.2) is 13.8 Å². The van der Waals surface area contributed by atoms with Gasteiger partial charge in [-0.1, -0.05) is 12.1 Å². The van der Waals surface area contributed by atoms with E-state index >= 15 is 0 Å². The number of likely N-dealkylation sites (tertiary alicyclic amines) is 1. The predicted octanol–water partition coefficient (Wildman–Crippen LogP) is 4.80. The number of fused-ring (bicyclic) bond motifs is 1. The summed E-state index contributed by atoms with van der Waals surface area (Å²) in [6.45, 7) is 1.73. The maximum atomic E-state index is 13.4. The second-order valence-electron chi connectivity index (χ2n) is 9.76. The van der Waals surface area contributed by atoms with Crippen LogP contribution in [0, 0.1) is 5.92 Å². The molecule has 6 nitrogen and oxygen atoms in total. The molecule has 1 saturated carbocycles. The van der Waals surface area contributed by atoms with Gasteiger partial charge in [0.1, 0.15) is 5.65 Å². The summed E-state index contributed by atoms with van der Waals surface area (Å²) in [5, 5.41) is 2.96. The Morgan fingerprint density at radius 1 is 1.00 bits per heavy atom. The highest BCUT2D eigenvalue weighted by atomic mass is 19.3. The minimum absolute atomic E-state index is 0.0397. The third-order valence-electron chi connectivity index (χ3n) is 7.43. The van der Waals surface area contributed by atoms with Crippen LogP contribution in [0.25, 0.3) is 5.65 Å². The molecule has 3 aromatic rings. The number of halogens is 2. The lowest BCUT2D eigenvalue weighted by Gasteiger charge is -2.36. The van der Waals surface area contributed by atoms with Crippen LogP contribution in [-0.2, 0) is 11.3 Å². The van der Waals surface area contributed by atoms with Crippen molar-refractivity contribution in [2.24, 2.45) is 5.92 Å². The molecule has 1 aromatic carbocycles. The highest BCUT2D eigenvalue weighted by Crippen LogP contribution is 2.37. The van der Waals surface area contributed by atoms with Crippen molar-refractivity contribution in [3.8, 4) is 0 Å². The van der Waals surface area contributed by atoms with E-state index < -0.39 is 5.92 Å². The number of aromatic nitrogens is 2. The van der Waals surface area contributed by atoms with Gasteiger partial charge in [-0.05, 0) is 67.0 Å². The van der Waals surface area contributed by atoms with Crippen LogP contribution in [0.15, 0.2) is 55.0 Å². The molecule has 0 spiro atoms. The summed E-state index contributed by atoms with van der Waals surface area (Å²) in [6.07, 6.45) is 7.43. The Kier molecular flexibility index (Phi) is 6.54. The molecule has 184 valence electrons. The molecule has 1 N–H and O–H groups in total. The molecule has 0 bridgehead atoms. The molecule has 1 aliphatic heterocycles. The van der Waals surface area contributed by atoms with Gasteiger partial charge in [0.05, 0.1) is 0 Å². The van der Waals surface area contributed by atoms with Crippen LogP contribution >= 0.6 is 0 Å². The van der Waals surface area contributed by atoms with E-state index in [2.05, 4.69) is 10.3 Å². The standard InChI is InChI=1S/C27H30F2N4O2/c28-27(29)10-5-23(6-11-27)26(35)33-14-8-21(9-15-33)20-1-3-22(4-2-20)25(34)31-18-19-7-13-32-16-12-30-24(32)17-19/h1-4,7,12-13,16-17,21,23H,5-6,8-11,14-15,18H2,(H,31,34). The van der Waals surface area contributed by atoms with Gasteiger partial charge in [0, 0.05) is 62.5 Å². The van der Waals surface area contributed by atoms with Gasteiger partial charge in [0.25, 0.3) is 5.91 Å². The fraction of sp³-hybridized carbons (Fsp3) is 0.444. The number of pyridine rings is 1. The van der Waals surface area contributed by atoms with E-state index in [-0.39, 0.29) is 43.4 Å². The number of nitrogens with one attached hydrogen (secondary N) is 1. The fourth-order valence-corrected chi connectivity index (χ4v) is 5.23. The Morgan fingerprint density at radius 2 is 1.71 bits per heavy atom. The van der Waals surface area contributed by atoms with Crippen molar-refractivity contribution in [3.63, 3.8) is 0 Å². The van der Waals surface area contributed by atoms with Crippen molar-refractivity contribution < 1.29 is 18.4 Å². The first-order chi connectivity index (χ1) is 16.9. The van der Waals surface area contributed by atoms with Crippen molar-refractivity contribution >= 4 is 17.5 Å². The van der Waals surface area contributed by atoms with Crippen LogP contribution in [0.4, 0.5) is 8.78 Å². The van der Waals surface area contributed by atoms with Gasteiger partial charge in [0.2, 0.25) is 11.8 Å². The molecule has 5 rings (SSSR count). The van der Waals surface area contributed by atoms with Gasteiger partial charge in [-0.3, -0.25) is 9.59 Å². The maximum Gasteiger partial charge on any atom is 0.251 e. The molecular weight excluding hydrogens is 450 g/mol. The maximum absolute atomic E-state index is 13.4. The Balaban J connectivity index is 1.11. The van der Waals surface area contributed by atoms with Crippen LogP contribution in [0.5, 0.6) is 0 Å². The number of hydrogen-bond acceptors (Lipinski definition) is 3. The molecule has 1 saturated heterocycles. The average molecular weight is 481 g/mol. The number of imidazole rings is 1. The first-order valence-electron chi connectivity index (χ1n) is 12.3. The van der Waals surface area contributed by atoms with Crippen molar-refractivity contribution in [2.45, 2.75) is 56.9 Å². The zero-order chi connectivity index (χ0) is 24.4. The van der Waals surface area contributed by atoms with E-state index in [1.165, 1.54) is 0 Å². The molecule has 2 fully saturated rings. The molecule has 0 radical (unpaired) electrons. The molecule has 2 aromatic heterocycles. The third-order valence-corrected chi connectivity index (χ3v) is 7.43. The lowest BCUT2D eigenvalue weighted by molar-refractivity contribution is -0.140. The zero-order valence-corrected chi connectivity index (χ0v) is 19.6. The Labute approximate surface area is 203 Å². The Bertz CT molecular complexity index is 1190. The second-order valence-corrected chi connectivity index (χ2v) is 9.76. The highest BCUT2D eigenvalue weighted by molar-refractivity contribution is 5.94. The predicted molar refractivity (Wildman–Crippen MR) is 128 cm³/mol. The summed E-state index contributed by atoms with van der Waals surface area (Å²) < 4.78 is 28.7. The van der Waals surface area contributed by atoms with E-state index in [9.17, 15) is 18.4 Å². The molecule has 35 heavy (non-hydrogen) atoms. The molecule has 0 atom stereocenters. The normalized spacial score (nSPS) is 19.1. The van der Waals surface area contributed by atoms with Gasteiger partial charge in [0.15, 0.2) is 0 Å². The lowest BCUT2D eigenvalue weighted by atomic mass is 9.84. The molecule has 2 aliphatic rings. The molecule has 2 amide bonds. The monoisotopic (exact) mass is 480 g/mol. The van der Waals surface area contributed by atoms with E-state index in [1.807, 2.05) is 58.1 Å². The van der Waals surface area contributed by atoms with Crippen LogP contribution in [-0.4, -0.2) is 45.1 Å². The Morgan fingerprint density at radius 3 is 2.43 bits per heavy atom. The topological polar surface area (TPSA) is 66.7 Å². The van der Waals surface area contributed by atoms with Crippen LogP contribution in [0.3, 0.4) is 0 Å². The third kappa shape index (κ3) is 5.36. The van der Waals surface area contributed by atoms with Gasteiger partial charge in [-0.15, -0.1) is 0 Å². The lowest BCUT2D eigenvalue weighted by Crippen LogP contribution is -2.43. The summed E-state index contributed by atoms with van der Waals surface area (Å²) in [7, 11) is 0. The van der Waals surface area contributed by atoms with Crippen molar-refractivity contribution in [1.82, 2.24) is 19.6 Å². The van der Waals surface area contributed by atoms with E-state index in [0.29, 0.717) is 31.1 Å². The Hall–Kier alpha value is -3.29. The number of nitrogens with zero attached hydrogens (tertiary/aromatic N) is 3. The van der Waals surface area contributed by atoms with Gasteiger partial charge >= 0.3 is 0 Å². The number of rotatable bonds is 5. The second kappa shape index (κ2) is 9.76.